The molecule has 2 saturated heterocycles. The quantitative estimate of drug-likeness (QED) is 0.564. The molecular formula is C22H17ClN2O4. The van der Waals surface area contributed by atoms with Crippen LogP contribution in [-0.2, 0) is 19.1 Å². The van der Waals surface area contributed by atoms with Gasteiger partial charge in [0.2, 0.25) is 11.8 Å². The maximum Gasteiger partial charge on any atom is 0.329 e. The van der Waals surface area contributed by atoms with Gasteiger partial charge in [0.15, 0.2) is 0 Å². The molecular weight excluding hydrogens is 392 g/mol. The summed E-state index contributed by atoms with van der Waals surface area (Å²) in [5.41, 5.74) is 2.31. The van der Waals surface area contributed by atoms with Crippen LogP contribution < -0.4 is 4.90 Å². The number of rotatable bonds is 2. The summed E-state index contributed by atoms with van der Waals surface area (Å²) in [5, 5.41) is 0.428. The molecule has 0 radical (unpaired) electrons. The summed E-state index contributed by atoms with van der Waals surface area (Å²) in [6, 6.07) is 13.1. The number of nitrogens with zero attached hydrogens (tertiary/aromatic N) is 2. The summed E-state index contributed by atoms with van der Waals surface area (Å²) < 4.78 is 5.01. The Morgan fingerprint density at radius 1 is 1.03 bits per heavy atom. The predicted octanol–water partition coefficient (Wildman–Crippen LogP) is 3.03. The van der Waals surface area contributed by atoms with Gasteiger partial charge in [0.1, 0.15) is 6.04 Å². The van der Waals surface area contributed by atoms with Crippen LogP contribution in [0.25, 0.3) is 6.08 Å². The fourth-order valence-corrected chi connectivity index (χ4v) is 5.00. The lowest BCUT2D eigenvalue weighted by Gasteiger charge is -2.34. The van der Waals surface area contributed by atoms with Gasteiger partial charge < -0.3 is 9.64 Å². The summed E-state index contributed by atoms with van der Waals surface area (Å²) >= 11 is 6.08. The standard InChI is InChI=1S/C22H17ClN2O4/c1-29-22(28)19-17-16(18-15-8-3-2-5-12(15)9-10-24(18)19)20(26)25(21(17)27)14-7-4-6-13(23)11-14/h2-11,16-19H,1H3/t16-,17+,18+,19-/m0/s1. The fourth-order valence-electron chi connectivity index (χ4n) is 4.82. The minimum atomic E-state index is -0.861. The second-order valence-electron chi connectivity index (χ2n) is 7.35. The van der Waals surface area contributed by atoms with Crippen molar-refractivity contribution < 1.29 is 19.1 Å². The molecule has 29 heavy (non-hydrogen) atoms. The molecule has 2 aromatic carbocycles. The number of imide groups is 1. The van der Waals surface area contributed by atoms with Crippen molar-refractivity contribution in [3.63, 3.8) is 0 Å². The van der Waals surface area contributed by atoms with E-state index in [0.717, 1.165) is 16.0 Å². The SMILES string of the molecule is COC(=O)[C@@H]1[C@@H]2C(=O)N(c3cccc(Cl)c3)C(=O)[C@@H]2[C@H]2c3ccccc3C=CN12. The van der Waals surface area contributed by atoms with E-state index in [1.807, 2.05) is 30.3 Å². The van der Waals surface area contributed by atoms with Crippen LogP contribution in [0.2, 0.25) is 5.02 Å². The number of carbonyl (C=O) groups is 3. The molecule has 0 saturated carbocycles. The van der Waals surface area contributed by atoms with Crippen molar-refractivity contribution in [2.24, 2.45) is 11.8 Å². The Morgan fingerprint density at radius 3 is 2.55 bits per heavy atom. The number of methoxy groups -OCH3 is 1. The molecule has 3 heterocycles. The first-order valence-corrected chi connectivity index (χ1v) is 9.66. The molecule has 0 unspecified atom stereocenters. The first kappa shape index (κ1) is 17.9. The zero-order valence-corrected chi connectivity index (χ0v) is 16.2. The third-order valence-electron chi connectivity index (χ3n) is 5.97. The molecule has 7 heteroatoms. The minimum absolute atomic E-state index is 0.325. The van der Waals surface area contributed by atoms with E-state index in [0.29, 0.717) is 10.7 Å². The summed E-state index contributed by atoms with van der Waals surface area (Å²) in [6.45, 7) is 0. The molecule has 3 aliphatic heterocycles. The topological polar surface area (TPSA) is 66.9 Å². The summed E-state index contributed by atoms with van der Waals surface area (Å²) in [6.07, 6.45) is 3.68. The smallest absolute Gasteiger partial charge is 0.329 e. The molecule has 4 atom stereocenters. The Bertz CT molecular complexity index is 1080. The van der Waals surface area contributed by atoms with Crippen molar-refractivity contribution in [3.8, 4) is 0 Å². The molecule has 6 nitrogen and oxygen atoms in total. The van der Waals surface area contributed by atoms with Gasteiger partial charge in [-0.3, -0.25) is 9.59 Å². The second-order valence-corrected chi connectivity index (χ2v) is 7.78. The Balaban J connectivity index is 1.66. The summed E-state index contributed by atoms with van der Waals surface area (Å²) in [5.74, 6) is -2.77. The van der Waals surface area contributed by atoms with E-state index < -0.39 is 35.8 Å². The van der Waals surface area contributed by atoms with Crippen molar-refractivity contribution in [2.75, 3.05) is 12.0 Å². The zero-order chi connectivity index (χ0) is 20.3. The largest absolute Gasteiger partial charge is 0.467 e. The summed E-state index contributed by atoms with van der Waals surface area (Å²) in [4.78, 5) is 42.5. The van der Waals surface area contributed by atoms with E-state index in [2.05, 4.69) is 0 Å². The van der Waals surface area contributed by atoms with Gasteiger partial charge in [-0.2, -0.15) is 0 Å². The van der Waals surface area contributed by atoms with E-state index >= 15 is 0 Å². The number of amides is 2. The van der Waals surface area contributed by atoms with Crippen LogP contribution in [0.3, 0.4) is 0 Å². The molecule has 0 N–H and O–H groups in total. The van der Waals surface area contributed by atoms with Gasteiger partial charge in [-0.1, -0.05) is 41.9 Å². The number of fused-ring (bicyclic) bond motifs is 5. The van der Waals surface area contributed by atoms with Crippen LogP contribution in [-0.4, -0.2) is 35.8 Å². The number of esters is 1. The van der Waals surface area contributed by atoms with Gasteiger partial charge in [0, 0.05) is 11.2 Å². The molecule has 2 aromatic rings. The molecule has 3 aliphatic rings. The normalized spacial score (nSPS) is 27.0. The number of hydrogen-bond acceptors (Lipinski definition) is 5. The van der Waals surface area contributed by atoms with Crippen LogP contribution in [0.5, 0.6) is 0 Å². The van der Waals surface area contributed by atoms with Crippen molar-refractivity contribution in [3.05, 3.63) is 70.9 Å². The lowest BCUT2D eigenvalue weighted by Crippen LogP contribution is -2.44. The van der Waals surface area contributed by atoms with Gasteiger partial charge in [-0.15, -0.1) is 0 Å². The lowest BCUT2D eigenvalue weighted by molar-refractivity contribution is -0.148. The second kappa shape index (κ2) is 6.46. The molecule has 0 aromatic heterocycles. The predicted molar refractivity (Wildman–Crippen MR) is 107 cm³/mol. The number of anilines is 1. The summed E-state index contributed by atoms with van der Waals surface area (Å²) in [7, 11) is 1.29. The maximum atomic E-state index is 13.5. The number of hydrogen-bond donors (Lipinski definition) is 0. The Kier molecular flexibility index (Phi) is 3.99. The monoisotopic (exact) mass is 408 g/mol. The Labute approximate surface area is 172 Å². The van der Waals surface area contributed by atoms with E-state index in [1.54, 1.807) is 35.4 Å². The average Bonchev–Trinajstić information content (AvgIpc) is 3.20. The highest BCUT2D eigenvalue weighted by Gasteiger charge is 2.65. The van der Waals surface area contributed by atoms with Crippen molar-refractivity contribution in [1.29, 1.82) is 0 Å². The highest BCUT2D eigenvalue weighted by atomic mass is 35.5. The van der Waals surface area contributed by atoms with Crippen molar-refractivity contribution in [1.82, 2.24) is 4.90 Å². The number of benzene rings is 2. The third kappa shape index (κ3) is 2.45. The Morgan fingerprint density at radius 2 is 1.79 bits per heavy atom. The van der Waals surface area contributed by atoms with Gasteiger partial charge in [0.05, 0.1) is 30.7 Å². The molecule has 2 fully saturated rings. The van der Waals surface area contributed by atoms with Gasteiger partial charge >= 0.3 is 5.97 Å². The highest BCUT2D eigenvalue weighted by molar-refractivity contribution is 6.31. The number of carbonyl (C=O) groups excluding carboxylic acids is 3. The minimum Gasteiger partial charge on any atom is -0.467 e. The van der Waals surface area contributed by atoms with Crippen LogP contribution in [0.4, 0.5) is 5.69 Å². The first-order chi connectivity index (χ1) is 14.0. The zero-order valence-electron chi connectivity index (χ0n) is 15.5. The van der Waals surface area contributed by atoms with Crippen molar-refractivity contribution >= 4 is 41.1 Å². The van der Waals surface area contributed by atoms with E-state index in [4.69, 9.17) is 16.3 Å². The van der Waals surface area contributed by atoms with Crippen LogP contribution in [0.1, 0.15) is 17.2 Å². The van der Waals surface area contributed by atoms with Gasteiger partial charge in [0.25, 0.3) is 0 Å². The molecule has 146 valence electrons. The first-order valence-electron chi connectivity index (χ1n) is 9.28. The lowest BCUT2D eigenvalue weighted by atomic mass is 9.84. The highest BCUT2D eigenvalue weighted by Crippen LogP contribution is 2.53. The number of ether oxygens (including phenoxy) is 1. The molecule has 0 bridgehead atoms. The molecule has 0 spiro atoms. The van der Waals surface area contributed by atoms with Crippen LogP contribution in [0.15, 0.2) is 54.7 Å². The average molecular weight is 409 g/mol. The Hall–Kier alpha value is -3.12. The molecule has 2 amide bonds. The van der Waals surface area contributed by atoms with E-state index in [-0.39, 0.29) is 5.91 Å². The molecule has 5 rings (SSSR count). The van der Waals surface area contributed by atoms with Crippen molar-refractivity contribution in [2.45, 2.75) is 12.1 Å². The van der Waals surface area contributed by atoms with E-state index in [1.165, 1.54) is 7.11 Å². The fraction of sp³-hybridized carbons (Fsp3) is 0.227. The van der Waals surface area contributed by atoms with E-state index in [9.17, 15) is 14.4 Å². The maximum absolute atomic E-state index is 13.5. The van der Waals surface area contributed by atoms with Crippen LogP contribution in [0, 0.1) is 11.8 Å². The van der Waals surface area contributed by atoms with Gasteiger partial charge in [-0.25, -0.2) is 9.69 Å². The molecule has 0 aliphatic carbocycles. The third-order valence-corrected chi connectivity index (χ3v) is 6.21. The van der Waals surface area contributed by atoms with Crippen LogP contribution >= 0.6 is 11.6 Å². The van der Waals surface area contributed by atoms with Gasteiger partial charge in [-0.05, 0) is 35.4 Å². The number of halogens is 1.